The lowest BCUT2D eigenvalue weighted by molar-refractivity contribution is -0.173. The number of ether oxygens (including phenoxy) is 2. The molecule has 21 heavy (non-hydrogen) atoms. The molecule has 1 fully saturated rings. The number of nitrogens with zero attached hydrogens (tertiary/aromatic N) is 1. The first-order chi connectivity index (χ1) is 9.71. The fraction of sp³-hybridized carbons (Fsp3) is 0.786. The number of thioether (sulfide) groups is 1. The number of esters is 2. The topological polar surface area (TPSA) is 72.9 Å². The molecule has 1 saturated heterocycles. The minimum atomic E-state index is -1.30. The van der Waals surface area contributed by atoms with Gasteiger partial charge in [-0.3, -0.25) is 4.79 Å². The highest BCUT2D eigenvalue weighted by atomic mass is 32.2. The second-order valence-electron chi connectivity index (χ2n) is 5.60. The van der Waals surface area contributed by atoms with Gasteiger partial charge in [0.15, 0.2) is 0 Å². The van der Waals surface area contributed by atoms with Gasteiger partial charge in [-0.1, -0.05) is 20.8 Å². The van der Waals surface area contributed by atoms with E-state index in [1.54, 1.807) is 25.6 Å². The van der Waals surface area contributed by atoms with Gasteiger partial charge in [-0.2, -0.15) is 0 Å². The van der Waals surface area contributed by atoms with Crippen LogP contribution in [-0.2, 0) is 23.9 Å². The van der Waals surface area contributed by atoms with Crippen LogP contribution in [0, 0.1) is 0 Å². The summed E-state index contributed by atoms with van der Waals surface area (Å²) >= 11 is 1.54. The Hall–Kier alpha value is -1.24. The van der Waals surface area contributed by atoms with Gasteiger partial charge in [0.05, 0.1) is 25.0 Å². The van der Waals surface area contributed by atoms with Gasteiger partial charge >= 0.3 is 11.9 Å². The summed E-state index contributed by atoms with van der Waals surface area (Å²) in [5, 5.41) is -0.212. The summed E-state index contributed by atoms with van der Waals surface area (Å²) in [5.74, 6) is -1.70. The van der Waals surface area contributed by atoms with E-state index in [-0.39, 0.29) is 29.2 Å². The number of β-lactam (4-membered cyclic amide) rings is 1. The third-order valence-electron chi connectivity index (χ3n) is 2.73. The summed E-state index contributed by atoms with van der Waals surface area (Å²) in [4.78, 5) is 37.2. The van der Waals surface area contributed by atoms with Gasteiger partial charge in [0.2, 0.25) is 11.9 Å². The van der Waals surface area contributed by atoms with E-state index in [2.05, 4.69) is 0 Å². The van der Waals surface area contributed by atoms with Gasteiger partial charge < -0.3 is 14.4 Å². The smallest absolute Gasteiger partial charge is 0.340 e. The van der Waals surface area contributed by atoms with Crippen molar-refractivity contribution in [2.75, 3.05) is 13.2 Å². The maximum Gasteiger partial charge on any atom is 0.340 e. The number of rotatable bonds is 6. The summed E-state index contributed by atoms with van der Waals surface area (Å²) in [6.45, 7) is 9.65. The van der Waals surface area contributed by atoms with Crippen LogP contribution in [-0.4, -0.2) is 52.1 Å². The molecule has 120 valence electrons. The molecule has 0 saturated carbocycles. The van der Waals surface area contributed by atoms with Gasteiger partial charge in [-0.05, 0) is 13.8 Å². The van der Waals surface area contributed by atoms with Gasteiger partial charge in [0.25, 0.3) is 0 Å². The van der Waals surface area contributed by atoms with Crippen LogP contribution in [0.4, 0.5) is 0 Å². The Labute approximate surface area is 129 Å². The van der Waals surface area contributed by atoms with Gasteiger partial charge in [0, 0.05) is 4.75 Å². The molecule has 1 rings (SSSR count). The van der Waals surface area contributed by atoms with E-state index in [1.165, 1.54) is 4.90 Å². The summed E-state index contributed by atoms with van der Waals surface area (Å²) in [6.07, 6.45) is 0.317. The predicted molar refractivity (Wildman–Crippen MR) is 79.6 cm³/mol. The molecule has 0 radical (unpaired) electrons. The first-order valence-electron chi connectivity index (χ1n) is 7.03. The SMILES string of the molecule is CCOC(=O)C(C(=O)OCC)N1C(=O)CC1SC(C)(C)C. The highest BCUT2D eigenvalue weighted by Gasteiger charge is 2.50. The Morgan fingerprint density at radius 3 is 2.05 bits per heavy atom. The van der Waals surface area contributed by atoms with Crippen molar-refractivity contribution in [2.45, 2.75) is 57.2 Å². The molecule has 0 aromatic heterocycles. The van der Waals surface area contributed by atoms with Crippen LogP contribution in [0.1, 0.15) is 41.0 Å². The molecule has 1 unspecified atom stereocenters. The van der Waals surface area contributed by atoms with E-state index < -0.39 is 18.0 Å². The number of amides is 1. The molecular formula is C14H23NO5S. The Bertz CT molecular complexity index is 400. The van der Waals surface area contributed by atoms with Crippen molar-refractivity contribution in [2.24, 2.45) is 0 Å². The Morgan fingerprint density at radius 2 is 1.71 bits per heavy atom. The zero-order chi connectivity index (χ0) is 16.2. The molecule has 7 heteroatoms. The fourth-order valence-electron chi connectivity index (χ4n) is 1.98. The highest BCUT2D eigenvalue weighted by molar-refractivity contribution is 8.01. The Morgan fingerprint density at radius 1 is 1.24 bits per heavy atom. The zero-order valence-electron chi connectivity index (χ0n) is 13.2. The Kier molecular flexibility index (Phi) is 6.07. The molecule has 1 amide bonds. The van der Waals surface area contributed by atoms with Crippen LogP contribution in [0.3, 0.4) is 0 Å². The third kappa shape index (κ3) is 4.62. The third-order valence-corrected chi connectivity index (χ3v) is 4.11. The van der Waals surface area contributed by atoms with Crippen molar-refractivity contribution in [3.05, 3.63) is 0 Å². The summed E-state index contributed by atoms with van der Waals surface area (Å²) < 4.78 is 9.74. The van der Waals surface area contributed by atoms with E-state index in [4.69, 9.17) is 9.47 Å². The molecule has 0 N–H and O–H groups in total. The molecule has 0 bridgehead atoms. The minimum Gasteiger partial charge on any atom is -0.464 e. The van der Waals surface area contributed by atoms with E-state index in [0.717, 1.165) is 0 Å². The molecule has 0 spiro atoms. The summed E-state index contributed by atoms with van der Waals surface area (Å²) in [6, 6.07) is -1.30. The lowest BCUT2D eigenvalue weighted by Crippen LogP contribution is -2.62. The van der Waals surface area contributed by atoms with Crippen LogP contribution in [0.2, 0.25) is 0 Å². The first kappa shape index (κ1) is 17.8. The molecule has 1 heterocycles. The molecule has 1 atom stereocenters. The van der Waals surface area contributed by atoms with Gasteiger partial charge in [-0.15, -0.1) is 11.8 Å². The fourth-order valence-corrected chi connectivity index (χ4v) is 3.38. The summed E-state index contributed by atoms with van der Waals surface area (Å²) in [7, 11) is 0. The lowest BCUT2D eigenvalue weighted by atomic mass is 10.1. The van der Waals surface area contributed by atoms with Crippen molar-refractivity contribution >= 4 is 29.6 Å². The normalized spacial score (nSPS) is 18.5. The van der Waals surface area contributed by atoms with E-state index in [9.17, 15) is 14.4 Å². The maximum atomic E-state index is 12.0. The quantitative estimate of drug-likeness (QED) is 0.421. The number of likely N-dealkylation sites (tertiary alicyclic amines) is 1. The van der Waals surface area contributed by atoms with Crippen molar-refractivity contribution in [1.82, 2.24) is 4.90 Å². The summed E-state index contributed by atoms with van der Waals surface area (Å²) in [5.41, 5.74) is 0. The highest BCUT2D eigenvalue weighted by Crippen LogP contribution is 2.39. The maximum absolute atomic E-state index is 12.0. The molecule has 1 aliphatic heterocycles. The van der Waals surface area contributed by atoms with E-state index in [1.807, 2.05) is 20.8 Å². The van der Waals surface area contributed by atoms with Gasteiger partial charge in [-0.25, -0.2) is 9.59 Å². The number of carbonyl (C=O) groups excluding carboxylic acids is 3. The minimum absolute atomic E-state index is 0.0858. The average Bonchev–Trinajstić information content (AvgIpc) is 2.34. The van der Waals surface area contributed by atoms with Crippen molar-refractivity contribution < 1.29 is 23.9 Å². The van der Waals surface area contributed by atoms with Gasteiger partial charge in [0.1, 0.15) is 0 Å². The van der Waals surface area contributed by atoms with E-state index >= 15 is 0 Å². The second kappa shape index (κ2) is 7.15. The monoisotopic (exact) mass is 317 g/mol. The van der Waals surface area contributed by atoms with Crippen molar-refractivity contribution in [3.8, 4) is 0 Å². The first-order valence-corrected chi connectivity index (χ1v) is 7.91. The average molecular weight is 317 g/mol. The predicted octanol–water partition coefficient (Wildman–Crippen LogP) is 1.57. The second-order valence-corrected chi connectivity index (χ2v) is 7.60. The molecule has 0 aliphatic carbocycles. The molecule has 1 aliphatic rings. The van der Waals surface area contributed by atoms with E-state index in [0.29, 0.717) is 6.42 Å². The van der Waals surface area contributed by atoms with Crippen LogP contribution >= 0.6 is 11.8 Å². The van der Waals surface area contributed by atoms with Crippen LogP contribution < -0.4 is 0 Å². The standard InChI is InChI=1S/C14H23NO5S/c1-6-19-12(17)11(13(18)20-7-2)15-9(16)8-10(15)21-14(3,4)5/h10-11H,6-8H2,1-5H3. The molecular weight excluding hydrogens is 294 g/mol. The molecule has 0 aromatic rings. The lowest BCUT2D eigenvalue weighted by Gasteiger charge is -2.44. The number of hydrogen-bond donors (Lipinski definition) is 0. The van der Waals surface area contributed by atoms with Crippen LogP contribution in [0.15, 0.2) is 0 Å². The van der Waals surface area contributed by atoms with Crippen molar-refractivity contribution in [1.29, 1.82) is 0 Å². The molecule has 0 aromatic carbocycles. The Balaban J connectivity index is 2.92. The largest absolute Gasteiger partial charge is 0.464 e. The zero-order valence-corrected chi connectivity index (χ0v) is 14.0. The van der Waals surface area contributed by atoms with Crippen LogP contribution in [0.25, 0.3) is 0 Å². The number of hydrogen-bond acceptors (Lipinski definition) is 6. The van der Waals surface area contributed by atoms with Crippen molar-refractivity contribution in [3.63, 3.8) is 0 Å². The van der Waals surface area contributed by atoms with Crippen LogP contribution in [0.5, 0.6) is 0 Å². The number of carbonyl (C=O) groups is 3. The molecule has 6 nitrogen and oxygen atoms in total.